The van der Waals surface area contributed by atoms with E-state index in [1.165, 1.54) is 13.0 Å². The lowest BCUT2D eigenvalue weighted by atomic mass is 10.3. The van der Waals surface area contributed by atoms with E-state index in [1.54, 1.807) is 4.72 Å². The van der Waals surface area contributed by atoms with Crippen molar-refractivity contribution in [2.45, 2.75) is 18.6 Å². The van der Waals surface area contributed by atoms with Gasteiger partial charge in [-0.25, -0.2) is 21.6 Å². The summed E-state index contributed by atoms with van der Waals surface area (Å²) < 4.78 is 63.9. The molecule has 1 aromatic carbocycles. The number of sulfonamides is 1. The van der Waals surface area contributed by atoms with Crippen LogP contribution in [0.1, 0.15) is 13.3 Å². The SMILES string of the molecule is CCC(C#N)S(=O)(=O)Nc1c(F)cc(F)cc1F. The summed E-state index contributed by atoms with van der Waals surface area (Å²) in [4.78, 5) is 0. The van der Waals surface area contributed by atoms with Crippen LogP contribution in [-0.4, -0.2) is 13.7 Å². The van der Waals surface area contributed by atoms with E-state index < -0.39 is 38.4 Å². The van der Waals surface area contributed by atoms with Crippen LogP contribution < -0.4 is 4.72 Å². The Morgan fingerprint density at radius 3 is 2.22 bits per heavy atom. The van der Waals surface area contributed by atoms with Crippen LogP contribution in [0, 0.1) is 28.8 Å². The van der Waals surface area contributed by atoms with Crippen LogP contribution in [0.4, 0.5) is 18.9 Å². The third-order valence-corrected chi connectivity index (χ3v) is 3.82. The number of rotatable bonds is 4. The molecule has 0 heterocycles. The number of nitrogens with zero attached hydrogens (tertiary/aromatic N) is 1. The first-order valence-corrected chi connectivity index (χ1v) is 6.42. The molecule has 18 heavy (non-hydrogen) atoms. The predicted octanol–water partition coefficient (Wildman–Crippen LogP) is 2.15. The van der Waals surface area contributed by atoms with Crippen molar-refractivity contribution >= 4 is 15.7 Å². The van der Waals surface area contributed by atoms with Crippen LogP contribution in [0.3, 0.4) is 0 Å². The smallest absolute Gasteiger partial charge is 0.249 e. The molecule has 1 aromatic rings. The van der Waals surface area contributed by atoms with E-state index in [-0.39, 0.29) is 6.42 Å². The summed E-state index contributed by atoms with van der Waals surface area (Å²) in [7, 11) is -4.25. The molecule has 1 unspecified atom stereocenters. The maximum atomic E-state index is 13.2. The molecule has 0 aliphatic rings. The Kier molecular flexibility index (Phi) is 4.19. The first-order valence-electron chi connectivity index (χ1n) is 4.87. The van der Waals surface area contributed by atoms with Gasteiger partial charge in [-0.2, -0.15) is 5.26 Å². The van der Waals surface area contributed by atoms with Gasteiger partial charge in [0.15, 0.2) is 16.9 Å². The van der Waals surface area contributed by atoms with E-state index in [0.29, 0.717) is 12.1 Å². The molecule has 8 heteroatoms. The van der Waals surface area contributed by atoms with Crippen LogP contribution in [0.15, 0.2) is 12.1 Å². The highest BCUT2D eigenvalue weighted by molar-refractivity contribution is 7.93. The second-order valence-electron chi connectivity index (χ2n) is 3.42. The zero-order valence-corrected chi connectivity index (χ0v) is 10.1. The standard InChI is InChI=1S/C10H9F3N2O2S/c1-2-7(5-14)18(16,17)15-10-8(12)3-6(11)4-9(10)13/h3-4,7,15H,2H2,1H3. The highest BCUT2D eigenvalue weighted by atomic mass is 32.2. The minimum Gasteiger partial charge on any atom is -0.277 e. The van der Waals surface area contributed by atoms with Gasteiger partial charge >= 0.3 is 0 Å². The number of nitrogens with one attached hydrogen (secondary N) is 1. The van der Waals surface area contributed by atoms with Crippen molar-refractivity contribution in [1.82, 2.24) is 0 Å². The Labute approximate surface area is 102 Å². The van der Waals surface area contributed by atoms with Gasteiger partial charge in [-0.05, 0) is 6.42 Å². The van der Waals surface area contributed by atoms with Crippen molar-refractivity contribution in [2.24, 2.45) is 0 Å². The van der Waals surface area contributed by atoms with Gasteiger partial charge in [-0.15, -0.1) is 0 Å². The summed E-state index contributed by atoms with van der Waals surface area (Å²) in [5.74, 6) is -3.94. The van der Waals surface area contributed by atoms with E-state index >= 15 is 0 Å². The topological polar surface area (TPSA) is 70.0 Å². The molecule has 0 aliphatic carbocycles. The Bertz CT molecular complexity index is 573. The second kappa shape index (κ2) is 5.27. The quantitative estimate of drug-likeness (QED) is 0.917. The minimum absolute atomic E-state index is 0.0454. The average molecular weight is 278 g/mol. The molecule has 0 saturated heterocycles. The van der Waals surface area contributed by atoms with E-state index in [4.69, 9.17) is 5.26 Å². The van der Waals surface area contributed by atoms with Crippen LogP contribution in [0.5, 0.6) is 0 Å². The highest BCUT2D eigenvalue weighted by Crippen LogP contribution is 2.22. The number of hydrogen-bond donors (Lipinski definition) is 1. The zero-order chi connectivity index (χ0) is 13.9. The van der Waals surface area contributed by atoms with Gasteiger partial charge < -0.3 is 0 Å². The molecule has 4 nitrogen and oxygen atoms in total. The molecule has 1 rings (SSSR count). The van der Waals surface area contributed by atoms with Crippen LogP contribution in [0.2, 0.25) is 0 Å². The Hall–Kier alpha value is -1.75. The molecule has 1 atom stereocenters. The zero-order valence-electron chi connectivity index (χ0n) is 9.25. The summed E-state index contributed by atoms with van der Waals surface area (Å²) in [6.45, 7) is 1.44. The lowest BCUT2D eigenvalue weighted by Gasteiger charge is -2.12. The molecule has 98 valence electrons. The monoisotopic (exact) mass is 278 g/mol. The fourth-order valence-corrected chi connectivity index (χ4v) is 2.43. The summed E-state index contributed by atoms with van der Waals surface area (Å²) >= 11 is 0. The molecule has 1 N–H and O–H groups in total. The fraction of sp³-hybridized carbons (Fsp3) is 0.300. The van der Waals surface area contributed by atoms with Gasteiger partial charge in [0, 0.05) is 12.1 Å². The van der Waals surface area contributed by atoms with Crippen LogP contribution >= 0.6 is 0 Å². The summed E-state index contributed by atoms with van der Waals surface area (Å²) in [6, 6.07) is 2.18. The van der Waals surface area contributed by atoms with E-state index in [9.17, 15) is 21.6 Å². The van der Waals surface area contributed by atoms with Crippen molar-refractivity contribution in [1.29, 1.82) is 5.26 Å². The molecule has 0 saturated carbocycles. The molecule has 0 radical (unpaired) electrons. The highest BCUT2D eigenvalue weighted by Gasteiger charge is 2.26. The third kappa shape index (κ3) is 2.92. The van der Waals surface area contributed by atoms with Crippen molar-refractivity contribution in [2.75, 3.05) is 4.72 Å². The first kappa shape index (κ1) is 14.3. The number of nitriles is 1. The third-order valence-electron chi connectivity index (χ3n) is 2.14. The largest absolute Gasteiger partial charge is 0.277 e. The number of hydrogen-bond acceptors (Lipinski definition) is 3. The Morgan fingerprint density at radius 2 is 1.83 bits per heavy atom. The molecule has 0 aromatic heterocycles. The van der Waals surface area contributed by atoms with Crippen molar-refractivity contribution in [3.05, 3.63) is 29.6 Å². The molecule has 0 amide bonds. The van der Waals surface area contributed by atoms with Gasteiger partial charge in [-0.3, -0.25) is 4.72 Å². The van der Waals surface area contributed by atoms with Gasteiger partial charge in [0.2, 0.25) is 10.0 Å². The molecular formula is C10H9F3N2O2S. The van der Waals surface area contributed by atoms with E-state index in [1.807, 2.05) is 0 Å². The summed E-state index contributed by atoms with van der Waals surface area (Å²) in [5.41, 5.74) is -0.995. The molecule has 0 spiro atoms. The number of anilines is 1. The van der Waals surface area contributed by atoms with Gasteiger partial charge in [0.1, 0.15) is 11.5 Å². The number of benzene rings is 1. The van der Waals surface area contributed by atoms with Crippen molar-refractivity contribution < 1.29 is 21.6 Å². The molecule has 0 aliphatic heterocycles. The van der Waals surface area contributed by atoms with Gasteiger partial charge in [0.25, 0.3) is 0 Å². The second-order valence-corrected chi connectivity index (χ2v) is 5.28. The van der Waals surface area contributed by atoms with Gasteiger partial charge in [-0.1, -0.05) is 6.92 Å². The maximum Gasteiger partial charge on any atom is 0.249 e. The predicted molar refractivity (Wildman–Crippen MR) is 58.6 cm³/mol. The molecule has 0 bridgehead atoms. The van der Waals surface area contributed by atoms with Crippen LogP contribution in [0.25, 0.3) is 0 Å². The molecular weight excluding hydrogens is 269 g/mol. The van der Waals surface area contributed by atoms with Crippen molar-refractivity contribution in [3.63, 3.8) is 0 Å². The summed E-state index contributed by atoms with van der Waals surface area (Å²) in [5, 5.41) is 7.16. The Morgan fingerprint density at radius 1 is 1.33 bits per heavy atom. The normalized spacial score (nSPS) is 12.8. The van der Waals surface area contributed by atoms with Crippen LogP contribution in [-0.2, 0) is 10.0 Å². The number of halogens is 3. The lowest BCUT2D eigenvalue weighted by Crippen LogP contribution is -2.27. The van der Waals surface area contributed by atoms with E-state index in [2.05, 4.69) is 0 Å². The average Bonchev–Trinajstić information content (AvgIpc) is 2.24. The minimum atomic E-state index is -4.25. The molecule has 0 fully saturated rings. The fourth-order valence-electron chi connectivity index (χ4n) is 1.23. The van der Waals surface area contributed by atoms with Crippen molar-refractivity contribution in [3.8, 4) is 6.07 Å². The lowest BCUT2D eigenvalue weighted by molar-refractivity contribution is 0.547. The first-order chi connectivity index (χ1) is 8.31. The van der Waals surface area contributed by atoms with E-state index in [0.717, 1.165) is 0 Å². The summed E-state index contributed by atoms with van der Waals surface area (Å²) in [6.07, 6.45) is -0.0454. The maximum absolute atomic E-state index is 13.2. The Balaban J connectivity index is 3.17. The van der Waals surface area contributed by atoms with Gasteiger partial charge in [0.05, 0.1) is 6.07 Å².